The SMILES string of the molecule is COc1cc(-c2nc3sc(=Cc4ccccc4Br)c(=O)n3n2)cc(OC)c1OC. The van der Waals surface area contributed by atoms with Crippen molar-refractivity contribution >= 4 is 38.3 Å². The van der Waals surface area contributed by atoms with Crippen LogP contribution in [0.5, 0.6) is 17.2 Å². The molecule has 29 heavy (non-hydrogen) atoms. The Balaban J connectivity index is 1.83. The number of fused-ring (bicyclic) bond motifs is 1. The molecule has 2 heterocycles. The molecule has 0 bridgehead atoms. The lowest BCUT2D eigenvalue weighted by molar-refractivity contribution is 0.324. The Morgan fingerprint density at radius 2 is 1.76 bits per heavy atom. The van der Waals surface area contributed by atoms with Gasteiger partial charge in [-0.2, -0.15) is 9.50 Å². The molecule has 0 spiro atoms. The molecule has 0 N–H and O–H groups in total. The zero-order valence-electron chi connectivity index (χ0n) is 15.8. The number of hydrogen-bond acceptors (Lipinski definition) is 7. The van der Waals surface area contributed by atoms with Crippen LogP contribution in [0.15, 0.2) is 45.7 Å². The van der Waals surface area contributed by atoms with Gasteiger partial charge in [-0.15, -0.1) is 5.10 Å². The predicted molar refractivity (Wildman–Crippen MR) is 115 cm³/mol. The van der Waals surface area contributed by atoms with Crippen molar-refractivity contribution in [1.82, 2.24) is 14.6 Å². The van der Waals surface area contributed by atoms with Crippen molar-refractivity contribution in [3.8, 4) is 28.6 Å². The van der Waals surface area contributed by atoms with Crippen molar-refractivity contribution in [1.29, 1.82) is 0 Å². The predicted octanol–water partition coefficient (Wildman–Crippen LogP) is 3.15. The summed E-state index contributed by atoms with van der Waals surface area (Å²) < 4.78 is 18.9. The van der Waals surface area contributed by atoms with E-state index in [0.29, 0.717) is 38.1 Å². The molecule has 0 saturated carbocycles. The Morgan fingerprint density at radius 3 is 2.34 bits per heavy atom. The van der Waals surface area contributed by atoms with Crippen LogP contribution >= 0.6 is 27.3 Å². The van der Waals surface area contributed by atoms with E-state index < -0.39 is 0 Å². The van der Waals surface area contributed by atoms with Crippen LogP contribution in [0, 0.1) is 0 Å². The molecule has 0 fully saturated rings. The minimum absolute atomic E-state index is 0.216. The van der Waals surface area contributed by atoms with Gasteiger partial charge in [0.2, 0.25) is 10.7 Å². The zero-order chi connectivity index (χ0) is 20.5. The van der Waals surface area contributed by atoms with Gasteiger partial charge in [0.1, 0.15) is 0 Å². The highest BCUT2D eigenvalue weighted by Crippen LogP contribution is 2.40. The van der Waals surface area contributed by atoms with Crippen molar-refractivity contribution in [2.75, 3.05) is 21.3 Å². The van der Waals surface area contributed by atoms with Gasteiger partial charge < -0.3 is 14.2 Å². The van der Waals surface area contributed by atoms with Gasteiger partial charge in [-0.25, -0.2) is 0 Å². The molecule has 2 aromatic heterocycles. The summed E-state index contributed by atoms with van der Waals surface area (Å²) in [5.74, 6) is 1.87. The number of halogens is 1. The van der Waals surface area contributed by atoms with E-state index in [-0.39, 0.29) is 5.56 Å². The van der Waals surface area contributed by atoms with Gasteiger partial charge in [-0.05, 0) is 29.8 Å². The number of benzene rings is 2. The van der Waals surface area contributed by atoms with Crippen molar-refractivity contribution in [2.45, 2.75) is 0 Å². The van der Waals surface area contributed by atoms with Crippen molar-refractivity contribution in [3.63, 3.8) is 0 Å². The van der Waals surface area contributed by atoms with Gasteiger partial charge >= 0.3 is 0 Å². The maximum Gasteiger partial charge on any atom is 0.291 e. The van der Waals surface area contributed by atoms with Gasteiger partial charge in [-0.3, -0.25) is 4.79 Å². The molecular formula is C20H16BrN3O4S. The van der Waals surface area contributed by atoms with E-state index in [1.807, 2.05) is 30.3 Å². The lowest BCUT2D eigenvalue weighted by Crippen LogP contribution is -2.23. The second kappa shape index (κ2) is 7.84. The Bertz CT molecular complexity index is 1290. The second-order valence-corrected chi connectivity index (χ2v) is 7.84. The molecule has 0 radical (unpaired) electrons. The van der Waals surface area contributed by atoms with E-state index in [1.165, 1.54) is 23.0 Å². The molecule has 0 aliphatic rings. The monoisotopic (exact) mass is 473 g/mol. The second-order valence-electron chi connectivity index (χ2n) is 5.98. The normalized spacial score (nSPS) is 11.8. The van der Waals surface area contributed by atoms with Crippen molar-refractivity contribution in [3.05, 3.63) is 61.3 Å². The fourth-order valence-electron chi connectivity index (χ4n) is 2.90. The van der Waals surface area contributed by atoms with E-state index in [9.17, 15) is 4.79 Å². The summed E-state index contributed by atoms with van der Waals surface area (Å²) in [6.07, 6.45) is 1.83. The summed E-state index contributed by atoms with van der Waals surface area (Å²) >= 11 is 4.78. The first-order valence-corrected chi connectivity index (χ1v) is 10.1. The minimum Gasteiger partial charge on any atom is -0.493 e. The molecule has 9 heteroatoms. The first-order valence-electron chi connectivity index (χ1n) is 8.52. The van der Waals surface area contributed by atoms with E-state index in [2.05, 4.69) is 26.0 Å². The fourth-order valence-corrected chi connectivity index (χ4v) is 4.20. The third-order valence-electron chi connectivity index (χ3n) is 4.30. The number of methoxy groups -OCH3 is 3. The lowest BCUT2D eigenvalue weighted by atomic mass is 10.1. The van der Waals surface area contributed by atoms with Crippen LogP contribution in [-0.2, 0) is 0 Å². The van der Waals surface area contributed by atoms with E-state index in [0.717, 1.165) is 10.0 Å². The van der Waals surface area contributed by atoms with Gasteiger partial charge in [-0.1, -0.05) is 45.5 Å². The summed E-state index contributed by atoms with van der Waals surface area (Å²) in [5.41, 5.74) is 1.36. The quantitative estimate of drug-likeness (QED) is 0.443. The molecule has 4 aromatic rings. The van der Waals surface area contributed by atoms with Gasteiger partial charge in [0.15, 0.2) is 17.3 Å². The van der Waals surface area contributed by atoms with E-state index in [1.54, 1.807) is 26.4 Å². The summed E-state index contributed by atoms with van der Waals surface area (Å²) in [4.78, 5) is 17.8. The molecular weight excluding hydrogens is 458 g/mol. The Hall–Kier alpha value is -2.91. The van der Waals surface area contributed by atoms with Gasteiger partial charge in [0, 0.05) is 10.0 Å². The Kier molecular flexibility index (Phi) is 5.25. The number of rotatable bonds is 5. The standard InChI is InChI=1S/C20H16BrN3O4S/c1-26-14-8-12(9-15(27-2)17(14)28-3)18-22-20-24(23-18)19(25)16(29-20)10-11-6-4-5-7-13(11)21/h4-10H,1-3H3. The topological polar surface area (TPSA) is 75.0 Å². The van der Waals surface area contributed by atoms with Crippen LogP contribution in [0.3, 0.4) is 0 Å². The lowest BCUT2D eigenvalue weighted by Gasteiger charge is -2.12. The molecule has 0 unspecified atom stereocenters. The van der Waals surface area contributed by atoms with Crippen LogP contribution in [0.25, 0.3) is 22.4 Å². The molecule has 7 nitrogen and oxygen atoms in total. The van der Waals surface area contributed by atoms with Crippen LogP contribution in [0.2, 0.25) is 0 Å². The van der Waals surface area contributed by atoms with Gasteiger partial charge in [0.05, 0.1) is 25.9 Å². The average Bonchev–Trinajstić information content (AvgIpc) is 3.28. The average molecular weight is 474 g/mol. The summed E-state index contributed by atoms with van der Waals surface area (Å²) in [7, 11) is 4.62. The summed E-state index contributed by atoms with van der Waals surface area (Å²) in [6, 6.07) is 11.2. The van der Waals surface area contributed by atoms with Crippen LogP contribution < -0.4 is 24.3 Å². The third kappa shape index (κ3) is 3.47. The molecule has 0 atom stereocenters. The molecule has 0 saturated heterocycles. The first kappa shape index (κ1) is 19.4. The van der Waals surface area contributed by atoms with Gasteiger partial charge in [0.25, 0.3) is 5.56 Å². The molecule has 0 aliphatic heterocycles. The minimum atomic E-state index is -0.216. The Labute approximate surface area is 178 Å². The maximum absolute atomic E-state index is 12.8. The molecule has 2 aromatic carbocycles. The molecule has 148 valence electrons. The number of ether oxygens (including phenoxy) is 3. The molecule has 0 aliphatic carbocycles. The van der Waals surface area contributed by atoms with Crippen LogP contribution in [-0.4, -0.2) is 35.9 Å². The summed E-state index contributed by atoms with van der Waals surface area (Å²) in [6.45, 7) is 0. The van der Waals surface area contributed by atoms with E-state index >= 15 is 0 Å². The zero-order valence-corrected chi connectivity index (χ0v) is 18.2. The maximum atomic E-state index is 12.8. The summed E-state index contributed by atoms with van der Waals surface area (Å²) in [5, 5.41) is 4.39. The van der Waals surface area contributed by atoms with Crippen LogP contribution in [0.4, 0.5) is 0 Å². The Morgan fingerprint density at radius 1 is 1.07 bits per heavy atom. The fraction of sp³-hybridized carbons (Fsp3) is 0.150. The molecule has 0 amide bonds. The first-order chi connectivity index (χ1) is 14.0. The highest BCUT2D eigenvalue weighted by molar-refractivity contribution is 9.10. The largest absolute Gasteiger partial charge is 0.493 e. The highest BCUT2D eigenvalue weighted by atomic mass is 79.9. The van der Waals surface area contributed by atoms with Crippen LogP contribution in [0.1, 0.15) is 5.56 Å². The number of hydrogen-bond donors (Lipinski definition) is 0. The van der Waals surface area contributed by atoms with E-state index in [4.69, 9.17) is 14.2 Å². The number of aromatic nitrogens is 3. The number of nitrogens with zero attached hydrogens (tertiary/aromatic N) is 3. The molecule has 4 rings (SSSR count). The smallest absolute Gasteiger partial charge is 0.291 e. The van der Waals surface area contributed by atoms with Crippen molar-refractivity contribution in [2.24, 2.45) is 0 Å². The van der Waals surface area contributed by atoms with Crippen molar-refractivity contribution < 1.29 is 14.2 Å². The number of thiazole rings is 1. The highest BCUT2D eigenvalue weighted by Gasteiger charge is 2.18. The third-order valence-corrected chi connectivity index (χ3v) is 5.98.